The fraction of sp³-hybridized carbons (Fsp3) is 0.889. The summed E-state index contributed by atoms with van der Waals surface area (Å²) >= 11 is 0. The smallest absolute Gasteiger partial charge is 0.316 e. The third-order valence-corrected chi connectivity index (χ3v) is 1.55. The van der Waals surface area contributed by atoms with Crippen LogP contribution in [0.2, 0.25) is 0 Å². The molecule has 0 bridgehead atoms. The molecule has 0 N–H and O–H groups in total. The number of hydrogen-bond donors (Lipinski definition) is 0. The molecule has 0 radical (unpaired) electrons. The van der Waals surface area contributed by atoms with E-state index in [0.717, 1.165) is 6.42 Å². The number of unbranched alkanes of at least 4 members (excludes halogenated alkanes) is 4. The molecule has 0 fully saturated rings. The lowest BCUT2D eigenvalue weighted by atomic mass is 10.2. The highest BCUT2D eigenvalue weighted by Crippen LogP contribution is 2.01. The van der Waals surface area contributed by atoms with Crippen LogP contribution < -0.4 is 0 Å². The molecule has 0 spiro atoms. The van der Waals surface area contributed by atoms with Crippen molar-refractivity contribution in [1.82, 2.24) is 0 Å². The van der Waals surface area contributed by atoms with Gasteiger partial charge in [0.25, 0.3) is 0 Å². The van der Waals surface area contributed by atoms with Gasteiger partial charge in [0, 0.05) is 6.92 Å². The molecule has 0 unspecified atom stereocenters. The minimum Gasteiger partial charge on any atom is -0.466 e. The van der Waals surface area contributed by atoms with Gasteiger partial charge in [-0.05, 0) is 6.42 Å². The molecule has 0 aromatic rings. The second-order valence-corrected chi connectivity index (χ2v) is 2.75. The Kier molecular flexibility index (Phi) is 13.8. The van der Waals surface area contributed by atoms with Crippen molar-refractivity contribution in [2.45, 2.75) is 46.0 Å². The van der Waals surface area contributed by atoms with Crippen molar-refractivity contribution >= 4 is 29.0 Å². The van der Waals surface area contributed by atoms with Crippen molar-refractivity contribution in [2.75, 3.05) is 6.61 Å². The molecule has 0 aliphatic carbocycles. The van der Waals surface area contributed by atoms with Gasteiger partial charge in [0.1, 0.15) is 0 Å². The predicted octanol–water partition coefficient (Wildman–Crippen LogP) is 1.60. The SMILES string of the molecule is CCCCCCCOC(C)=O.[MgH2]. The van der Waals surface area contributed by atoms with Crippen LogP contribution in [0.25, 0.3) is 0 Å². The van der Waals surface area contributed by atoms with Gasteiger partial charge in [0.2, 0.25) is 0 Å². The van der Waals surface area contributed by atoms with Gasteiger partial charge < -0.3 is 4.74 Å². The lowest BCUT2D eigenvalue weighted by Gasteiger charge is -2.00. The van der Waals surface area contributed by atoms with Crippen LogP contribution in [0.4, 0.5) is 0 Å². The summed E-state index contributed by atoms with van der Waals surface area (Å²) in [6, 6.07) is 0. The fourth-order valence-electron chi connectivity index (χ4n) is 0.922. The number of carbonyl (C=O) groups excluding carboxylic acids is 1. The number of carbonyl (C=O) groups is 1. The molecule has 0 atom stereocenters. The van der Waals surface area contributed by atoms with E-state index >= 15 is 0 Å². The number of hydrogen-bond acceptors (Lipinski definition) is 2. The summed E-state index contributed by atoms with van der Waals surface area (Å²) in [6.07, 6.45) is 6.01. The molecule has 0 saturated carbocycles. The molecule has 12 heavy (non-hydrogen) atoms. The number of rotatable bonds is 6. The van der Waals surface area contributed by atoms with E-state index in [4.69, 9.17) is 4.74 Å². The second-order valence-electron chi connectivity index (χ2n) is 2.75. The third kappa shape index (κ3) is 12.9. The molecule has 0 aliphatic heterocycles. The fourth-order valence-corrected chi connectivity index (χ4v) is 0.922. The second kappa shape index (κ2) is 11.2. The average Bonchev–Trinajstić information content (AvgIpc) is 1.96. The summed E-state index contributed by atoms with van der Waals surface area (Å²) in [5.41, 5.74) is 0. The Bertz CT molecular complexity index is 105. The first kappa shape index (κ1) is 14.7. The molecular formula is C9H20MgO2. The van der Waals surface area contributed by atoms with Crippen LogP contribution in [0.1, 0.15) is 46.0 Å². The number of esters is 1. The minimum absolute atomic E-state index is 0. The van der Waals surface area contributed by atoms with E-state index in [1.165, 1.54) is 32.6 Å². The van der Waals surface area contributed by atoms with Crippen LogP contribution in [0.3, 0.4) is 0 Å². The summed E-state index contributed by atoms with van der Waals surface area (Å²) in [7, 11) is 0. The normalized spacial score (nSPS) is 8.83. The molecule has 3 heteroatoms. The van der Waals surface area contributed by atoms with E-state index in [0.29, 0.717) is 6.61 Å². The molecule has 2 nitrogen and oxygen atoms in total. The highest BCUT2D eigenvalue weighted by molar-refractivity contribution is 5.75. The zero-order chi connectivity index (χ0) is 8.53. The van der Waals surface area contributed by atoms with Gasteiger partial charge in [-0.3, -0.25) is 4.79 Å². The number of ether oxygens (including phenoxy) is 1. The Hall–Kier alpha value is 0.236. The summed E-state index contributed by atoms with van der Waals surface area (Å²) < 4.78 is 4.78. The Morgan fingerprint density at radius 3 is 2.25 bits per heavy atom. The standard InChI is InChI=1S/C9H18O2.Mg.2H/c1-3-4-5-6-7-8-11-9(2)10;;;/h3-8H2,1-2H3;;;. The molecule has 0 saturated heterocycles. The molecule has 0 aromatic heterocycles. The summed E-state index contributed by atoms with van der Waals surface area (Å²) in [6.45, 7) is 4.23. The lowest BCUT2D eigenvalue weighted by molar-refractivity contribution is -0.141. The van der Waals surface area contributed by atoms with E-state index in [1.807, 2.05) is 0 Å². The quantitative estimate of drug-likeness (QED) is 0.356. The van der Waals surface area contributed by atoms with Gasteiger partial charge in [0.15, 0.2) is 0 Å². The van der Waals surface area contributed by atoms with Gasteiger partial charge in [-0.1, -0.05) is 32.6 Å². The van der Waals surface area contributed by atoms with Crippen molar-refractivity contribution in [3.05, 3.63) is 0 Å². The first-order valence-electron chi connectivity index (χ1n) is 4.40. The third-order valence-electron chi connectivity index (χ3n) is 1.55. The summed E-state index contributed by atoms with van der Waals surface area (Å²) in [4.78, 5) is 10.3. The van der Waals surface area contributed by atoms with Crippen molar-refractivity contribution in [3.63, 3.8) is 0 Å². The molecule has 0 rings (SSSR count). The van der Waals surface area contributed by atoms with Crippen LogP contribution in [0, 0.1) is 0 Å². The average molecular weight is 185 g/mol. The van der Waals surface area contributed by atoms with Gasteiger partial charge in [-0.2, -0.15) is 0 Å². The van der Waals surface area contributed by atoms with Gasteiger partial charge in [-0.15, -0.1) is 0 Å². The van der Waals surface area contributed by atoms with Crippen molar-refractivity contribution in [3.8, 4) is 0 Å². The highest BCUT2D eigenvalue weighted by Gasteiger charge is 1.92. The Balaban J connectivity index is 0. The van der Waals surface area contributed by atoms with Gasteiger partial charge >= 0.3 is 29.0 Å². The summed E-state index contributed by atoms with van der Waals surface area (Å²) in [5.74, 6) is -0.166. The van der Waals surface area contributed by atoms with Crippen LogP contribution >= 0.6 is 0 Å². The largest absolute Gasteiger partial charge is 0.466 e. The van der Waals surface area contributed by atoms with Crippen molar-refractivity contribution in [1.29, 1.82) is 0 Å². The monoisotopic (exact) mass is 184 g/mol. The maximum absolute atomic E-state index is 10.3. The van der Waals surface area contributed by atoms with E-state index in [-0.39, 0.29) is 29.0 Å². The van der Waals surface area contributed by atoms with Crippen LogP contribution in [-0.4, -0.2) is 35.6 Å². The first-order valence-corrected chi connectivity index (χ1v) is 4.40. The van der Waals surface area contributed by atoms with Crippen molar-refractivity contribution in [2.24, 2.45) is 0 Å². The van der Waals surface area contributed by atoms with Crippen molar-refractivity contribution < 1.29 is 9.53 Å². The van der Waals surface area contributed by atoms with E-state index < -0.39 is 0 Å². The van der Waals surface area contributed by atoms with E-state index in [9.17, 15) is 4.79 Å². The molecular weight excluding hydrogens is 164 g/mol. The molecule has 70 valence electrons. The van der Waals surface area contributed by atoms with Gasteiger partial charge in [0.05, 0.1) is 6.61 Å². The lowest BCUT2D eigenvalue weighted by Crippen LogP contribution is -1.99. The molecule has 0 aliphatic rings. The summed E-state index contributed by atoms with van der Waals surface area (Å²) in [5, 5.41) is 0. The van der Waals surface area contributed by atoms with E-state index in [2.05, 4.69) is 6.92 Å². The Labute approximate surface area is 91.2 Å². The zero-order valence-corrected chi connectivity index (χ0v) is 7.56. The molecule has 0 amide bonds. The molecule has 0 aromatic carbocycles. The molecule has 0 heterocycles. The van der Waals surface area contributed by atoms with Gasteiger partial charge in [-0.25, -0.2) is 0 Å². The predicted molar refractivity (Wildman–Crippen MR) is 53.9 cm³/mol. The van der Waals surface area contributed by atoms with E-state index in [1.54, 1.807) is 0 Å². The van der Waals surface area contributed by atoms with Crippen LogP contribution in [-0.2, 0) is 9.53 Å². The highest BCUT2D eigenvalue weighted by atomic mass is 24.3. The van der Waals surface area contributed by atoms with Crippen LogP contribution in [0.5, 0.6) is 0 Å². The maximum atomic E-state index is 10.3. The minimum atomic E-state index is -0.166. The Morgan fingerprint density at radius 2 is 1.75 bits per heavy atom. The zero-order valence-electron chi connectivity index (χ0n) is 7.56. The van der Waals surface area contributed by atoms with Crippen LogP contribution in [0.15, 0.2) is 0 Å². The topological polar surface area (TPSA) is 26.3 Å². The maximum Gasteiger partial charge on any atom is 0.316 e. The Morgan fingerprint density at radius 1 is 1.17 bits per heavy atom. The first-order chi connectivity index (χ1) is 5.27.